The van der Waals surface area contributed by atoms with Gasteiger partial charge in [0.2, 0.25) is 0 Å². The molecule has 1 fully saturated rings. The number of hydrogen-bond donors (Lipinski definition) is 1. The maximum absolute atomic E-state index is 3.79. The summed E-state index contributed by atoms with van der Waals surface area (Å²) in [6.07, 6.45) is 8.41. The van der Waals surface area contributed by atoms with Crippen LogP contribution in [0.4, 0.5) is 0 Å². The molecule has 1 aromatic heterocycles. The second-order valence-corrected chi connectivity index (χ2v) is 6.39. The first kappa shape index (κ1) is 13.1. The summed E-state index contributed by atoms with van der Waals surface area (Å²) in [6.45, 7) is 4.60. The van der Waals surface area contributed by atoms with Crippen LogP contribution < -0.4 is 5.32 Å². The summed E-state index contributed by atoms with van der Waals surface area (Å²) in [7, 11) is 0. The fourth-order valence-electron chi connectivity index (χ4n) is 3.00. The maximum Gasteiger partial charge on any atom is 0.0388 e. The van der Waals surface area contributed by atoms with Gasteiger partial charge in [-0.2, -0.15) is 0 Å². The Bertz CT molecular complexity index is 299. The zero-order valence-corrected chi connectivity index (χ0v) is 11.9. The van der Waals surface area contributed by atoms with Crippen molar-refractivity contribution < 1.29 is 0 Å². The molecule has 0 saturated heterocycles. The van der Waals surface area contributed by atoms with Crippen LogP contribution in [0.1, 0.15) is 63.3 Å². The van der Waals surface area contributed by atoms with Crippen molar-refractivity contribution in [3.8, 4) is 0 Å². The molecular formula is C15H25NS. The van der Waals surface area contributed by atoms with Gasteiger partial charge >= 0.3 is 0 Å². The standard InChI is InChI=1S/C15H25NS/c1-3-5-13-7-9-14(10-8-13)16-12(2)15-6-4-11-17-15/h4,6,11-14,16H,3,5,7-10H2,1-2H3/t12-,13?,14?/m1/s1. The second kappa shape index (κ2) is 6.55. The van der Waals surface area contributed by atoms with Gasteiger partial charge in [0.15, 0.2) is 0 Å². The summed E-state index contributed by atoms with van der Waals surface area (Å²) in [6, 6.07) is 5.67. The van der Waals surface area contributed by atoms with Gasteiger partial charge in [0.1, 0.15) is 0 Å². The predicted molar refractivity (Wildman–Crippen MR) is 76.5 cm³/mol. The van der Waals surface area contributed by atoms with Crippen LogP contribution in [-0.4, -0.2) is 6.04 Å². The van der Waals surface area contributed by atoms with Crippen molar-refractivity contribution in [1.82, 2.24) is 5.32 Å². The first-order chi connectivity index (χ1) is 8.29. The quantitative estimate of drug-likeness (QED) is 0.795. The van der Waals surface area contributed by atoms with E-state index in [0.29, 0.717) is 6.04 Å². The topological polar surface area (TPSA) is 12.0 Å². The van der Waals surface area contributed by atoms with Crippen molar-refractivity contribution >= 4 is 11.3 Å². The molecule has 1 N–H and O–H groups in total. The molecule has 0 aromatic carbocycles. The Morgan fingerprint density at radius 2 is 2.12 bits per heavy atom. The highest BCUT2D eigenvalue weighted by atomic mass is 32.1. The van der Waals surface area contributed by atoms with Crippen molar-refractivity contribution in [2.45, 2.75) is 64.5 Å². The zero-order chi connectivity index (χ0) is 12.1. The van der Waals surface area contributed by atoms with Gasteiger partial charge in [-0.15, -0.1) is 11.3 Å². The molecule has 1 nitrogen and oxygen atoms in total. The Morgan fingerprint density at radius 1 is 1.35 bits per heavy atom. The highest BCUT2D eigenvalue weighted by Crippen LogP contribution is 2.29. The van der Waals surface area contributed by atoms with Crippen LogP contribution in [0.3, 0.4) is 0 Å². The highest BCUT2D eigenvalue weighted by Gasteiger charge is 2.21. The van der Waals surface area contributed by atoms with E-state index in [1.54, 1.807) is 0 Å². The fraction of sp³-hybridized carbons (Fsp3) is 0.733. The average molecular weight is 251 g/mol. The SMILES string of the molecule is CCCC1CCC(N[C@H](C)c2cccs2)CC1. The number of thiophene rings is 1. The third-order valence-corrected chi connectivity index (χ3v) is 5.05. The van der Waals surface area contributed by atoms with Crippen molar-refractivity contribution in [1.29, 1.82) is 0 Å². The molecule has 0 amide bonds. The van der Waals surface area contributed by atoms with E-state index < -0.39 is 0 Å². The average Bonchev–Trinajstić information content (AvgIpc) is 2.86. The molecule has 1 saturated carbocycles. The molecule has 1 aliphatic carbocycles. The van der Waals surface area contributed by atoms with Crippen LogP contribution in [0.5, 0.6) is 0 Å². The summed E-state index contributed by atoms with van der Waals surface area (Å²) in [4.78, 5) is 1.47. The Hall–Kier alpha value is -0.340. The van der Waals surface area contributed by atoms with Crippen LogP contribution in [0.15, 0.2) is 17.5 Å². The van der Waals surface area contributed by atoms with E-state index in [2.05, 4.69) is 36.7 Å². The molecule has 2 heteroatoms. The molecule has 0 unspecified atom stereocenters. The first-order valence-electron chi connectivity index (χ1n) is 7.09. The van der Waals surface area contributed by atoms with Crippen LogP contribution >= 0.6 is 11.3 Å². The highest BCUT2D eigenvalue weighted by molar-refractivity contribution is 7.10. The molecule has 96 valence electrons. The van der Waals surface area contributed by atoms with Gasteiger partial charge in [0.05, 0.1) is 0 Å². The molecule has 1 aliphatic rings. The molecule has 1 atom stereocenters. The van der Waals surface area contributed by atoms with Gasteiger partial charge in [-0.1, -0.05) is 25.8 Å². The molecule has 1 heterocycles. The number of rotatable bonds is 5. The van der Waals surface area contributed by atoms with Gasteiger partial charge in [-0.05, 0) is 50.0 Å². The molecule has 17 heavy (non-hydrogen) atoms. The van der Waals surface area contributed by atoms with Crippen molar-refractivity contribution in [2.24, 2.45) is 5.92 Å². The van der Waals surface area contributed by atoms with Crippen molar-refractivity contribution in [2.75, 3.05) is 0 Å². The second-order valence-electron chi connectivity index (χ2n) is 5.41. The zero-order valence-electron chi connectivity index (χ0n) is 11.1. The van der Waals surface area contributed by atoms with Crippen molar-refractivity contribution in [3.63, 3.8) is 0 Å². The van der Waals surface area contributed by atoms with Gasteiger partial charge in [0.25, 0.3) is 0 Å². The van der Waals surface area contributed by atoms with Crippen LogP contribution in [0.25, 0.3) is 0 Å². The lowest BCUT2D eigenvalue weighted by Gasteiger charge is -2.31. The van der Waals surface area contributed by atoms with Crippen molar-refractivity contribution in [3.05, 3.63) is 22.4 Å². The van der Waals surface area contributed by atoms with E-state index in [9.17, 15) is 0 Å². The Kier molecular flexibility index (Phi) is 5.05. The fourth-order valence-corrected chi connectivity index (χ4v) is 3.74. The lowest BCUT2D eigenvalue weighted by Crippen LogP contribution is -2.34. The molecular weight excluding hydrogens is 226 g/mol. The van der Waals surface area contributed by atoms with Crippen LogP contribution in [0.2, 0.25) is 0 Å². The minimum absolute atomic E-state index is 0.530. The Balaban J connectivity index is 1.74. The lowest BCUT2D eigenvalue weighted by molar-refractivity contribution is 0.267. The van der Waals surface area contributed by atoms with Gasteiger partial charge in [-0.25, -0.2) is 0 Å². The third-order valence-electron chi connectivity index (χ3n) is 4.00. The monoisotopic (exact) mass is 251 g/mol. The van der Waals surface area contributed by atoms with Gasteiger partial charge < -0.3 is 5.32 Å². The van der Waals surface area contributed by atoms with E-state index >= 15 is 0 Å². The summed E-state index contributed by atoms with van der Waals surface area (Å²) in [5.74, 6) is 1.01. The van der Waals surface area contributed by atoms with Gasteiger partial charge in [0, 0.05) is 17.0 Å². The summed E-state index contributed by atoms with van der Waals surface area (Å²) >= 11 is 1.87. The lowest BCUT2D eigenvalue weighted by atomic mass is 9.83. The van der Waals surface area contributed by atoms with Crippen LogP contribution in [-0.2, 0) is 0 Å². The Morgan fingerprint density at radius 3 is 2.71 bits per heavy atom. The van der Waals surface area contributed by atoms with E-state index in [4.69, 9.17) is 0 Å². The number of nitrogens with one attached hydrogen (secondary N) is 1. The molecule has 0 spiro atoms. The maximum atomic E-state index is 3.79. The minimum Gasteiger partial charge on any atom is -0.307 e. The summed E-state index contributed by atoms with van der Waals surface area (Å²) < 4.78 is 0. The normalized spacial score (nSPS) is 26.9. The van der Waals surface area contributed by atoms with E-state index in [1.807, 2.05) is 11.3 Å². The predicted octanol–water partition coefficient (Wildman–Crippen LogP) is 4.76. The largest absolute Gasteiger partial charge is 0.307 e. The third kappa shape index (κ3) is 3.82. The molecule has 0 bridgehead atoms. The Labute approximate surface area is 110 Å². The summed E-state index contributed by atoms with van der Waals surface area (Å²) in [5, 5.41) is 5.97. The van der Waals surface area contributed by atoms with E-state index in [1.165, 1.54) is 43.4 Å². The first-order valence-corrected chi connectivity index (χ1v) is 7.97. The smallest absolute Gasteiger partial charge is 0.0388 e. The molecule has 0 aliphatic heterocycles. The van der Waals surface area contributed by atoms with Gasteiger partial charge in [-0.3, -0.25) is 0 Å². The molecule has 0 radical (unpaired) electrons. The van der Waals surface area contributed by atoms with Crippen LogP contribution in [0, 0.1) is 5.92 Å². The number of hydrogen-bond acceptors (Lipinski definition) is 2. The molecule has 2 rings (SSSR count). The minimum atomic E-state index is 0.530. The summed E-state index contributed by atoms with van der Waals surface area (Å²) in [5.41, 5.74) is 0. The molecule has 1 aromatic rings. The van der Waals surface area contributed by atoms with E-state index in [0.717, 1.165) is 12.0 Å². The van der Waals surface area contributed by atoms with E-state index in [-0.39, 0.29) is 0 Å².